The van der Waals surface area contributed by atoms with E-state index < -0.39 is 11.9 Å². The zero-order valence-corrected chi connectivity index (χ0v) is 22.2. The van der Waals surface area contributed by atoms with Crippen molar-refractivity contribution in [1.82, 2.24) is 14.9 Å². The third-order valence-electron chi connectivity index (χ3n) is 5.18. The summed E-state index contributed by atoms with van der Waals surface area (Å²) in [4.78, 5) is 21.4. The van der Waals surface area contributed by atoms with E-state index in [1.165, 1.54) is 0 Å². The number of anilines is 1. The number of rotatable bonds is 6. The summed E-state index contributed by atoms with van der Waals surface area (Å²) in [7, 11) is 0. The number of carbonyl (C=O) groups is 1. The molecule has 7 nitrogen and oxygen atoms in total. The average molecular weight is 574 g/mol. The second kappa shape index (κ2) is 13.1. The monoisotopic (exact) mass is 572 g/mol. The van der Waals surface area contributed by atoms with E-state index in [0.29, 0.717) is 38.4 Å². The van der Waals surface area contributed by atoms with Crippen molar-refractivity contribution >= 4 is 64.8 Å². The number of nitrogens with zero attached hydrogens (tertiary/aromatic N) is 4. The van der Waals surface area contributed by atoms with Crippen LogP contribution in [-0.4, -0.2) is 21.4 Å². The van der Waals surface area contributed by atoms with E-state index in [1.54, 1.807) is 73.2 Å². The molecule has 4 aromatic rings. The van der Waals surface area contributed by atoms with Crippen molar-refractivity contribution in [2.45, 2.75) is 12.6 Å². The lowest BCUT2D eigenvalue weighted by Crippen LogP contribution is -2.37. The van der Waals surface area contributed by atoms with Gasteiger partial charge in [-0.05, 0) is 66.2 Å². The molecule has 11 heteroatoms. The summed E-state index contributed by atoms with van der Waals surface area (Å²) in [5, 5.41) is 17.0. The Labute approximate surface area is 235 Å². The van der Waals surface area contributed by atoms with Gasteiger partial charge in [0.15, 0.2) is 0 Å². The fourth-order valence-electron chi connectivity index (χ4n) is 3.40. The Morgan fingerprint density at radius 2 is 1.73 bits per heavy atom. The van der Waals surface area contributed by atoms with E-state index in [4.69, 9.17) is 40.1 Å². The molecule has 1 heterocycles. The van der Waals surface area contributed by atoms with Gasteiger partial charge in [-0.15, -0.1) is 12.4 Å². The number of hydrogen-bond donors (Lipinski definition) is 2. The van der Waals surface area contributed by atoms with Gasteiger partial charge in [0.25, 0.3) is 5.91 Å². The van der Waals surface area contributed by atoms with Gasteiger partial charge in [-0.2, -0.15) is 10.3 Å². The number of nitriles is 1. The van der Waals surface area contributed by atoms with Gasteiger partial charge in [0.05, 0.1) is 24.0 Å². The molecule has 0 bridgehead atoms. The molecule has 1 amide bonds. The number of aromatic nitrogens is 2. The Bertz CT molecular complexity index is 1420. The molecule has 0 radical (unpaired) electrons. The van der Waals surface area contributed by atoms with E-state index in [2.05, 4.69) is 20.6 Å². The van der Waals surface area contributed by atoms with Crippen molar-refractivity contribution in [3.8, 4) is 6.07 Å². The first-order valence-corrected chi connectivity index (χ1v) is 11.9. The van der Waals surface area contributed by atoms with Gasteiger partial charge < -0.3 is 15.2 Å². The molecule has 37 heavy (non-hydrogen) atoms. The lowest BCUT2D eigenvalue weighted by molar-refractivity contribution is 0.100. The van der Waals surface area contributed by atoms with Gasteiger partial charge in [-0.3, -0.25) is 4.79 Å². The van der Waals surface area contributed by atoms with Crippen LogP contribution in [0, 0.1) is 11.3 Å². The lowest BCUT2D eigenvalue weighted by atomic mass is 10.1. The number of hydrogen-bond acceptors (Lipinski definition) is 3. The Balaban J connectivity index is 0.00000380. The SMILES string of the molecule is Cl.N#Cc1ccc(C(=O)/N=C(/Nc2ccc(Cl)cc2)NC(Cn2ccnc2)c2ccc(Cl)cc2Cl)cc1. The first-order valence-electron chi connectivity index (χ1n) is 10.7. The van der Waals surface area contributed by atoms with Crippen molar-refractivity contribution in [2.24, 2.45) is 4.99 Å². The van der Waals surface area contributed by atoms with Crippen LogP contribution in [-0.2, 0) is 6.54 Å². The smallest absolute Gasteiger partial charge is 0.280 e. The highest BCUT2D eigenvalue weighted by Crippen LogP contribution is 2.28. The summed E-state index contributed by atoms with van der Waals surface area (Å²) in [6.07, 6.45) is 5.18. The van der Waals surface area contributed by atoms with Crippen LogP contribution >= 0.6 is 47.2 Å². The third kappa shape index (κ3) is 7.72. The molecule has 1 atom stereocenters. The van der Waals surface area contributed by atoms with Crippen LogP contribution in [0.15, 0.2) is 90.4 Å². The largest absolute Gasteiger partial charge is 0.347 e. The number of halogens is 4. The van der Waals surface area contributed by atoms with Crippen molar-refractivity contribution in [1.29, 1.82) is 5.26 Å². The zero-order chi connectivity index (χ0) is 25.5. The molecule has 0 aliphatic rings. The first kappa shape index (κ1) is 28.0. The molecule has 0 spiro atoms. The maximum atomic E-state index is 13.0. The van der Waals surface area contributed by atoms with E-state index in [9.17, 15) is 4.79 Å². The number of amides is 1. The first-order chi connectivity index (χ1) is 17.4. The Morgan fingerprint density at radius 3 is 2.35 bits per heavy atom. The molecular weight excluding hydrogens is 554 g/mol. The Kier molecular flexibility index (Phi) is 9.95. The van der Waals surface area contributed by atoms with Crippen LogP contribution in [0.25, 0.3) is 0 Å². The number of guanidine groups is 1. The van der Waals surface area contributed by atoms with Gasteiger partial charge in [0.2, 0.25) is 5.96 Å². The second-order valence-electron chi connectivity index (χ2n) is 7.71. The topological polar surface area (TPSA) is 95.1 Å². The van der Waals surface area contributed by atoms with Crippen LogP contribution in [0.4, 0.5) is 5.69 Å². The van der Waals surface area contributed by atoms with Crippen LogP contribution in [0.5, 0.6) is 0 Å². The van der Waals surface area contributed by atoms with E-state index >= 15 is 0 Å². The van der Waals surface area contributed by atoms with E-state index in [0.717, 1.165) is 5.56 Å². The number of aliphatic imine (C=N–C) groups is 1. The Hall–Kier alpha value is -3.54. The van der Waals surface area contributed by atoms with Gasteiger partial charge in [0, 0.05) is 45.3 Å². The van der Waals surface area contributed by atoms with E-state index in [-0.39, 0.29) is 18.4 Å². The predicted molar refractivity (Wildman–Crippen MR) is 150 cm³/mol. The normalized spacial score (nSPS) is 11.7. The molecule has 0 fully saturated rings. The number of benzene rings is 3. The maximum Gasteiger partial charge on any atom is 0.280 e. The van der Waals surface area contributed by atoms with Crippen molar-refractivity contribution < 1.29 is 4.79 Å². The highest BCUT2D eigenvalue weighted by molar-refractivity contribution is 6.35. The lowest BCUT2D eigenvalue weighted by Gasteiger charge is -2.23. The summed E-state index contributed by atoms with van der Waals surface area (Å²) in [6.45, 7) is 0.438. The highest BCUT2D eigenvalue weighted by Gasteiger charge is 2.19. The molecule has 0 aliphatic heterocycles. The van der Waals surface area contributed by atoms with E-state index in [1.807, 2.05) is 22.9 Å². The molecule has 2 N–H and O–H groups in total. The molecule has 1 unspecified atom stereocenters. The molecule has 3 aromatic carbocycles. The standard InChI is InChI=1S/C26H19Cl3N6O.ClH/c27-19-5-8-21(9-6-19)32-26(34-25(36)18-3-1-17(14-30)2-4-18)33-24(15-35-12-11-31-16-35)22-10-7-20(28)13-23(22)29;/h1-13,16,24H,15H2,(H2,32,33,34,36);1H. The van der Waals surface area contributed by atoms with Crippen LogP contribution in [0.3, 0.4) is 0 Å². The molecule has 0 aliphatic carbocycles. The average Bonchev–Trinajstić information content (AvgIpc) is 3.38. The van der Waals surface area contributed by atoms with Crippen molar-refractivity contribution in [3.05, 3.63) is 117 Å². The van der Waals surface area contributed by atoms with Crippen molar-refractivity contribution in [2.75, 3.05) is 5.32 Å². The summed E-state index contributed by atoms with van der Waals surface area (Å²) in [5.74, 6) is -0.296. The fourth-order valence-corrected chi connectivity index (χ4v) is 4.06. The fraction of sp³-hybridized carbons (Fsp3) is 0.0769. The third-order valence-corrected chi connectivity index (χ3v) is 6.00. The van der Waals surface area contributed by atoms with Crippen LogP contribution in [0.2, 0.25) is 15.1 Å². The Morgan fingerprint density at radius 1 is 1.03 bits per heavy atom. The molecule has 0 saturated carbocycles. The molecule has 4 rings (SSSR count). The number of carbonyl (C=O) groups excluding carboxylic acids is 1. The van der Waals surface area contributed by atoms with Gasteiger partial charge >= 0.3 is 0 Å². The summed E-state index contributed by atoms with van der Waals surface area (Å²) >= 11 is 18.7. The summed E-state index contributed by atoms with van der Waals surface area (Å²) < 4.78 is 1.88. The van der Waals surface area contributed by atoms with Gasteiger partial charge in [0.1, 0.15) is 0 Å². The number of nitrogens with one attached hydrogen (secondary N) is 2. The number of imidazole rings is 1. The maximum absolute atomic E-state index is 13.0. The summed E-state index contributed by atoms with van der Waals surface area (Å²) in [5.41, 5.74) is 2.21. The minimum atomic E-state index is -0.493. The quantitative estimate of drug-likeness (QED) is 0.196. The van der Waals surface area contributed by atoms with Gasteiger partial charge in [-0.1, -0.05) is 40.9 Å². The van der Waals surface area contributed by atoms with Crippen LogP contribution < -0.4 is 10.6 Å². The highest BCUT2D eigenvalue weighted by atomic mass is 35.5. The molecule has 0 saturated heterocycles. The molecule has 1 aromatic heterocycles. The molecule has 188 valence electrons. The minimum absolute atomic E-state index is 0. The zero-order valence-electron chi connectivity index (χ0n) is 19.1. The van der Waals surface area contributed by atoms with Crippen LogP contribution in [0.1, 0.15) is 27.5 Å². The molecular formula is C26H20Cl4N6O. The summed E-state index contributed by atoms with van der Waals surface area (Å²) in [6, 6.07) is 20.1. The second-order valence-corrected chi connectivity index (χ2v) is 8.99. The predicted octanol–water partition coefficient (Wildman–Crippen LogP) is 6.78. The van der Waals surface area contributed by atoms with Gasteiger partial charge in [-0.25, -0.2) is 4.98 Å². The van der Waals surface area contributed by atoms with Crippen molar-refractivity contribution in [3.63, 3.8) is 0 Å². The minimum Gasteiger partial charge on any atom is -0.347 e.